The van der Waals surface area contributed by atoms with Gasteiger partial charge in [-0.1, -0.05) is 11.6 Å². The molecule has 0 aromatic carbocycles. The molecular weight excluding hydrogens is 226 g/mol. The van der Waals surface area contributed by atoms with E-state index >= 15 is 0 Å². The van der Waals surface area contributed by atoms with E-state index in [-0.39, 0.29) is 6.17 Å². The molecule has 1 aromatic rings. The fourth-order valence-electron chi connectivity index (χ4n) is 2.68. The van der Waals surface area contributed by atoms with E-state index in [0.717, 1.165) is 50.4 Å². The second-order valence-electron chi connectivity index (χ2n) is 4.60. The molecule has 88 valence electrons. The van der Waals surface area contributed by atoms with Crippen LogP contribution in [0.1, 0.15) is 42.9 Å². The van der Waals surface area contributed by atoms with Gasteiger partial charge in [-0.25, -0.2) is 4.98 Å². The number of halogens is 1. The number of rotatable bonds is 1. The lowest BCUT2D eigenvalue weighted by Crippen LogP contribution is -2.27. The third-order valence-corrected chi connectivity index (χ3v) is 3.83. The SMILES string of the molecule is NC1CCCc2c(Cl)nc(C3CCOC3)n21. The third-order valence-electron chi connectivity index (χ3n) is 3.53. The minimum Gasteiger partial charge on any atom is -0.381 e. The maximum atomic E-state index is 6.18. The summed E-state index contributed by atoms with van der Waals surface area (Å²) in [5.41, 5.74) is 7.26. The highest BCUT2D eigenvalue weighted by atomic mass is 35.5. The lowest BCUT2D eigenvalue weighted by molar-refractivity contribution is 0.192. The van der Waals surface area contributed by atoms with E-state index in [4.69, 9.17) is 22.1 Å². The minimum absolute atomic E-state index is 0.0411. The number of hydrogen-bond donors (Lipinski definition) is 1. The van der Waals surface area contributed by atoms with Gasteiger partial charge < -0.3 is 15.0 Å². The van der Waals surface area contributed by atoms with Crippen molar-refractivity contribution in [1.29, 1.82) is 0 Å². The maximum Gasteiger partial charge on any atom is 0.150 e. The topological polar surface area (TPSA) is 53.1 Å². The number of imidazole rings is 1. The predicted octanol–water partition coefficient (Wildman–Crippen LogP) is 1.83. The number of fused-ring (bicyclic) bond motifs is 1. The van der Waals surface area contributed by atoms with E-state index in [1.54, 1.807) is 0 Å². The van der Waals surface area contributed by atoms with E-state index < -0.39 is 0 Å². The molecule has 0 aliphatic carbocycles. The van der Waals surface area contributed by atoms with Crippen LogP contribution in [0.2, 0.25) is 5.15 Å². The molecule has 2 aliphatic rings. The quantitative estimate of drug-likeness (QED) is 0.816. The zero-order valence-electron chi connectivity index (χ0n) is 9.16. The number of nitrogens with zero attached hydrogens (tertiary/aromatic N) is 2. The van der Waals surface area contributed by atoms with Gasteiger partial charge in [0, 0.05) is 12.5 Å². The Bertz CT molecular complexity index is 398. The second-order valence-corrected chi connectivity index (χ2v) is 4.96. The Morgan fingerprint density at radius 3 is 3.06 bits per heavy atom. The van der Waals surface area contributed by atoms with Gasteiger partial charge in [0.2, 0.25) is 0 Å². The summed E-state index contributed by atoms with van der Waals surface area (Å²) in [6, 6.07) is 0. The van der Waals surface area contributed by atoms with Crippen molar-refractivity contribution in [3.63, 3.8) is 0 Å². The van der Waals surface area contributed by atoms with E-state index in [0.29, 0.717) is 11.1 Å². The molecule has 0 spiro atoms. The summed E-state index contributed by atoms with van der Waals surface area (Å²) in [7, 11) is 0. The van der Waals surface area contributed by atoms with Crippen LogP contribution in [0.25, 0.3) is 0 Å². The van der Waals surface area contributed by atoms with Gasteiger partial charge in [0.15, 0.2) is 5.15 Å². The minimum atomic E-state index is 0.0411. The Morgan fingerprint density at radius 2 is 2.31 bits per heavy atom. The van der Waals surface area contributed by atoms with Crippen LogP contribution in [-0.2, 0) is 11.2 Å². The van der Waals surface area contributed by atoms with E-state index in [2.05, 4.69) is 9.55 Å². The first-order valence-electron chi connectivity index (χ1n) is 5.87. The molecule has 1 saturated heterocycles. The Hall–Kier alpha value is -0.580. The largest absolute Gasteiger partial charge is 0.381 e. The number of hydrogen-bond acceptors (Lipinski definition) is 3. The summed E-state index contributed by atoms with van der Waals surface area (Å²) >= 11 is 6.18. The zero-order chi connectivity index (χ0) is 11.1. The molecule has 0 bridgehead atoms. The van der Waals surface area contributed by atoms with Crippen LogP contribution in [0.3, 0.4) is 0 Å². The van der Waals surface area contributed by atoms with Crippen molar-refractivity contribution in [1.82, 2.24) is 9.55 Å². The van der Waals surface area contributed by atoms with Crippen LogP contribution in [0, 0.1) is 0 Å². The Morgan fingerprint density at radius 1 is 1.44 bits per heavy atom. The van der Waals surface area contributed by atoms with Crippen molar-refractivity contribution in [3.05, 3.63) is 16.7 Å². The van der Waals surface area contributed by atoms with E-state index in [1.165, 1.54) is 0 Å². The van der Waals surface area contributed by atoms with Crippen LogP contribution in [-0.4, -0.2) is 22.8 Å². The van der Waals surface area contributed by atoms with Crippen molar-refractivity contribution in [2.24, 2.45) is 5.73 Å². The summed E-state index contributed by atoms with van der Waals surface area (Å²) in [5.74, 6) is 1.40. The first-order chi connectivity index (χ1) is 7.77. The Kier molecular flexibility index (Phi) is 2.65. The zero-order valence-corrected chi connectivity index (χ0v) is 9.91. The van der Waals surface area contributed by atoms with E-state index in [9.17, 15) is 0 Å². The average molecular weight is 242 g/mol. The summed E-state index contributed by atoms with van der Waals surface area (Å²) in [6.45, 7) is 1.57. The first kappa shape index (κ1) is 10.6. The molecular formula is C11H16ClN3O. The van der Waals surface area contributed by atoms with Crippen molar-refractivity contribution < 1.29 is 4.74 Å². The second kappa shape index (κ2) is 4.02. The third kappa shape index (κ3) is 1.56. The van der Waals surface area contributed by atoms with Crippen molar-refractivity contribution in [2.45, 2.75) is 37.8 Å². The summed E-state index contributed by atoms with van der Waals surface area (Å²) < 4.78 is 7.55. The van der Waals surface area contributed by atoms with Gasteiger partial charge in [-0.2, -0.15) is 0 Å². The number of aromatic nitrogens is 2. The highest BCUT2D eigenvalue weighted by Crippen LogP contribution is 2.34. The van der Waals surface area contributed by atoms with Gasteiger partial charge in [0.05, 0.1) is 18.5 Å². The Labute approximate surface area is 99.7 Å². The molecule has 2 atom stereocenters. The van der Waals surface area contributed by atoms with Gasteiger partial charge in [-0.15, -0.1) is 0 Å². The van der Waals surface area contributed by atoms with Crippen molar-refractivity contribution in [3.8, 4) is 0 Å². The molecule has 3 heterocycles. The molecule has 0 radical (unpaired) electrons. The smallest absolute Gasteiger partial charge is 0.150 e. The van der Waals surface area contributed by atoms with Gasteiger partial charge in [0.25, 0.3) is 0 Å². The summed E-state index contributed by atoms with van der Waals surface area (Å²) in [4.78, 5) is 4.49. The molecule has 2 aliphatic heterocycles. The molecule has 2 unspecified atom stereocenters. The van der Waals surface area contributed by atoms with Crippen LogP contribution in [0.4, 0.5) is 0 Å². The highest BCUT2D eigenvalue weighted by molar-refractivity contribution is 6.30. The van der Waals surface area contributed by atoms with Gasteiger partial charge in [-0.3, -0.25) is 0 Å². The van der Waals surface area contributed by atoms with Gasteiger partial charge in [-0.05, 0) is 25.7 Å². The van der Waals surface area contributed by atoms with Crippen LogP contribution in [0.15, 0.2) is 0 Å². The molecule has 1 aromatic heterocycles. The van der Waals surface area contributed by atoms with Crippen molar-refractivity contribution >= 4 is 11.6 Å². The van der Waals surface area contributed by atoms with Crippen molar-refractivity contribution in [2.75, 3.05) is 13.2 Å². The lowest BCUT2D eigenvalue weighted by Gasteiger charge is -2.25. The van der Waals surface area contributed by atoms with Crippen LogP contribution < -0.4 is 5.73 Å². The molecule has 16 heavy (non-hydrogen) atoms. The maximum absolute atomic E-state index is 6.18. The molecule has 1 fully saturated rings. The fourth-order valence-corrected chi connectivity index (χ4v) is 2.96. The molecule has 4 nitrogen and oxygen atoms in total. The fraction of sp³-hybridized carbons (Fsp3) is 0.727. The summed E-state index contributed by atoms with van der Waals surface area (Å²) in [6.07, 6.45) is 4.18. The lowest BCUT2D eigenvalue weighted by atomic mass is 10.1. The standard InChI is InChI=1S/C11H16ClN3O/c12-10-8-2-1-3-9(13)15(8)11(14-10)7-4-5-16-6-7/h7,9H,1-6,13H2. The summed E-state index contributed by atoms with van der Waals surface area (Å²) in [5, 5.41) is 0.636. The monoisotopic (exact) mass is 241 g/mol. The predicted molar refractivity (Wildman–Crippen MR) is 61.6 cm³/mol. The molecule has 0 amide bonds. The van der Waals surface area contributed by atoms with Crippen LogP contribution in [0.5, 0.6) is 0 Å². The highest BCUT2D eigenvalue weighted by Gasteiger charge is 2.30. The molecule has 2 N–H and O–H groups in total. The Balaban J connectivity index is 2.04. The van der Waals surface area contributed by atoms with Gasteiger partial charge in [0.1, 0.15) is 5.82 Å². The van der Waals surface area contributed by atoms with E-state index in [1.807, 2.05) is 0 Å². The first-order valence-corrected chi connectivity index (χ1v) is 6.25. The van der Waals surface area contributed by atoms with Gasteiger partial charge >= 0.3 is 0 Å². The molecule has 5 heteroatoms. The molecule has 3 rings (SSSR count). The number of ether oxygens (including phenoxy) is 1. The average Bonchev–Trinajstić information content (AvgIpc) is 2.87. The van der Waals surface area contributed by atoms with Crippen LogP contribution >= 0.6 is 11.6 Å². The normalized spacial score (nSPS) is 29.4. The molecule has 0 saturated carbocycles. The number of nitrogens with two attached hydrogens (primary N) is 1.